The highest BCUT2D eigenvalue weighted by Gasteiger charge is 2.27. The maximum Gasteiger partial charge on any atom is 0.341 e. The largest absolute Gasteiger partial charge is 0.496 e. The van der Waals surface area contributed by atoms with Gasteiger partial charge in [0.2, 0.25) is 0 Å². The van der Waals surface area contributed by atoms with E-state index in [4.69, 9.17) is 28.4 Å². The van der Waals surface area contributed by atoms with Crippen LogP contribution in [0.5, 0.6) is 28.7 Å². The third kappa shape index (κ3) is 7.48. The molecule has 4 rings (SSSR count). The molecular weight excluding hydrogens is 588 g/mol. The maximum absolute atomic E-state index is 12.3. The molecule has 9 nitrogen and oxygen atoms in total. The van der Waals surface area contributed by atoms with Crippen LogP contribution >= 0.6 is 0 Å². The lowest BCUT2D eigenvalue weighted by atomic mass is 9.77. The summed E-state index contributed by atoms with van der Waals surface area (Å²) in [5.74, 6) is 0.605. The smallest absolute Gasteiger partial charge is 0.341 e. The van der Waals surface area contributed by atoms with Gasteiger partial charge in [0.1, 0.15) is 45.5 Å². The molecule has 0 unspecified atom stereocenters. The summed E-state index contributed by atoms with van der Waals surface area (Å²) < 4.78 is 32.6. The molecule has 0 aliphatic rings. The Kier molecular flexibility index (Phi) is 10.1. The van der Waals surface area contributed by atoms with Gasteiger partial charge >= 0.3 is 17.9 Å². The number of hydrogen-bond acceptors (Lipinski definition) is 9. The Hall–Kier alpha value is -5.31. The van der Waals surface area contributed by atoms with Crippen LogP contribution in [0.3, 0.4) is 0 Å². The van der Waals surface area contributed by atoms with Gasteiger partial charge in [0.25, 0.3) is 0 Å². The molecule has 0 aliphatic heterocycles. The lowest BCUT2D eigenvalue weighted by Gasteiger charge is -2.28. The third-order valence-electron chi connectivity index (χ3n) is 7.67. The van der Waals surface area contributed by atoms with Crippen molar-refractivity contribution in [3.8, 4) is 28.7 Å². The van der Waals surface area contributed by atoms with E-state index in [0.717, 1.165) is 16.7 Å². The van der Waals surface area contributed by atoms with Gasteiger partial charge in [0.05, 0.1) is 21.3 Å². The van der Waals surface area contributed by atoms with E-state index in [0.29, 0.717) is 28.6 Å². The molecule has 0 amide bonds. The molecule has 0 N–H and O–H groups in total. The first kappa shape index (κ1) is 33.6. The minimum atomic E-state index is -0.780. The van der Waals surface area contributed by atoms with Crippen molar-refractivity contribution < 1.29 is 42.8 Å². The lowest BCUT2D eigenvalue weighted by Crippen LogP contribution is -2.25. The molecule has 0 atom stereocenters. The van der Waals surface area contributed by atoms with Crippen LogP contribution in [-0.4, -0.2) is 39.2 Å². The van der Waals surface area contributed by atoms with Crippen molar-refractivity contribution in [2.75, 3.05) is 21.3 Å². The summed E-state index contributed by atoms with van der Waals surface area (Å²) >= 11 is 0. The molecule has 0 radical (unpaired) electrons. The molecule has 0 saturated carbocycles. The highest BCUT2D eigenvalue weighted by Crippen LogP contribution is 2.36. The summed E-state index contributed by atoms with van der Waals surface area (Å²) in [7, 11) is 4.12. The van der Waals surface area contributed by atoms with Gasteiger partial charge in [0, 0.05) is 12.3 Å². The van der Waals surface area contributed by atoms with E-state index in [-0.39, 0.29) is 11.3 Å². The van der Waals surface area contributed by atoms with Crippen molar-refractivity contribution in [2.45, 2.75) is 45.6 Å². The predicted octanol–water partition coefficient (Wildman–Crippen LogP) is 7.63. The summed E-state index contributed by atoms with van der Waals surface area (Å²) in [6.45, 7) is 9.22. The number of benzene rings is 4. The van der Waals surface area contributed by atoms with E-state index in [9.17, 15) is 14.4 Å². The van der Waals surface area contributed by atoms with Crippen molar-refractivity contribution >= 4 is 17.9 Å². The van der Waals surface area contributed by atoms with Crippen molar-refractivity contribution in [3.05, 3.63) is 113 Å². The van der Waals surface area contributed by atoms with E-state index < -0.39 is 28.9 Å². The molecule has 0 heterocycles. The topological polar surface area (TPSA) is 107 Å². The van der Waals surface area contributed by atoms with Crippen LogP contribution in [0.2, 0.25) is 0 Å². The minimum Gasteiger partial charge on any atom is -0.496 e. The van der Waals surface area contributed by atoms with Crippen LogP contribution in [0.1, 0.15) is 72.0 Å². The minimum absolute atomic E-state index is 0.0825. The van der Waals surface area contributed by atoms with Crippen LogP contribution < -0.4 is 18.9 Å². The molecule has 9 heteroatoms. The number of hydrogen-bond donors (Lipinski definition) is 0. The van der Waals surface area contributed by atoms with Gasteiger partial charge in [-0.2, -0.15) is 0 Å². The van der Waals surface area contributed by atoms with Gasteiger partial charge in [-0.15, -0.1) is 0 Å². The zero-order chi connectivity index (χ0) is 33.6. The molecule has 0 fully saturated rings. The van der Waals surface area contributed by atoms with Gasteiger partial charge in [-0.1, -0.05) is 44.2 Å². The highest BCUT2D eigenvalue weighted by molar-refractivity contribution is 5.94. The fourth-order valence-electron chi connectivity index (χ4n) is 4.97. The van der Waals surface area contributed by atoms with Gasteiger partial charge in [-0.3, -0.25) is 4.79 Å². The lowest BCUT2D eigenvalue weighted by molar-refractivity contribution is -0.131. The first-order valence-electron chi connectivity index (χ1n) is 14.5. The Morgan fingerprint density at radius 3 is 1.57 bits per heavy atom. The first-order valence-corrected chi connectivity index (χ1v) is 14.5. The Labute approximate surface area is 269 Å². The third-order valence-corrected chi connectivity index (χ3v) is 7.67. The van der Waals surface area contributed by atoms with E-state index in [1.807, 2.05) is 68.4 Å². The summed E-state index contributed by atoms with van der Waals surface area (Å²) in [6, 6.07) is 25.5. The summed E-state index contributed by atoms with van der Waals surface area (Å²) in [6.07, 6.45) is 0. The normalized spacial score (nSPS) is 11.3. The van der Waals surface area contributed by atoms with Crippen LogP contribution in [0.4, 0.5) is 0 Å². The number of methoxy groups -OCH3 is 3. The van der Waals surface area contributed by atoms with Crippen LogP contribution in [0.15, 0.2) is 84.9 Å². The molecule has 4 aromatic carbocycles. The Balaban J connectivity index is 1.47. The standard InChI is InChI=1S/C37H38O9/c1-23(38)44-33-20-18-29(22-31(33)35(40)43-8)46-37(4,5)25-11-16-28(17-12-25)45-27-14-9-24(10-15-27)36(2,3)26-13-19-32(41-6)30(21-26)34(39)42-7/h9-22H,1-8H3. The average molecular weight is 627 g/mol. The molecule has 0 bridgehead atoms. The Morgan fingerprint density at radius 1 is 0.565 bits per heavy atom. The van der Waals surface area contributed by atoms with Gasteiger partial charge < -0.3 is 28.4 Å². The highest BCUT2D eigenvalue weighted by atomic mass is 16.5. The zero-order valence-electron chi connectivity index (χ0n) is 27.3. The molecule has 0 aromatic heterocycles. The van der Waals surface area contributed by atoms with Gasteiger partial charge in [-0.25, -0.2) is 9.59 Å². The SMILES string of the molecule is COC(=O)c1cc(C(C)(C)c2ccc(Oc3ccc(C(C)(C)Oc4ccc(OC(C)=O)c(C(=O)OC)c4)cc3)cc2)ccc1OC. The number of esters is 3. The quantitative estimate of drug-likeness (QED) is 0.123. The average Bonchev–Trinajstić information content (AvgIpc) is 3.04. The Bertz CT molecular complexity index is 1720. The predicted molar refractivity (Wildman–Crippen MR) is 172 cm³/mol. The molecule has 4 aromatic rings. The van der Waals surface area contributed by atoms with E-state index in [1.54, 1.807) is 18.2 Å². The molecule has 240 valence electrons. The van der Waals surface area contributed by atoms with E-state index in [2.05, 4.69) is 13.8 Å². The van der Waals surface area contributed by atoms with Crippen molar-refractivity contribution in [1.29, 1.82) is 0 Å². The molecular formula is C37H38O9. The Morgan fingerprint density at radius 2 is 1.04 bits per heavy atom. The van der Waals surface area contributed by atoms with Gasteiger partial charge in [0.15, 0.2) is 0 Å². The molecule has 0 saturated heterocycles. The summed E-state index contributed by atoms with van der Waals surface area (Å²) in [5, 5.41) is 0. The van der Waals surface area contributed by atoms with Crippen molar-refractivity contribution in [3.63, 3.8) is 0 Å². The van der Waals surface area contributed by atoms with Crippen LogP contribution in [0.25, 0.3) is 0 Å². The second-order valence-electron chi connectivity index (χ2n) is 11.5. The second-order valence-corrected chi connectivity index (χ2v) is 11.5. The maximum atomic E-state index is 12.3. The van der Waals surface area contributed by atoms with Crippen molar-refractivity contribution in [1.82, 2.24) is 0 Å². The van der Waals surface area contributed by atoms with E-state index >= 15 is 0 Å². The second kappa shape index (κ2) is 13.8. The molecule has 0 spiro atoms. The van der Waals surface area contributed by atoms with Gasteiger partial charge in [-0.05, 0) is 85.1 Å². The van der Waals surface area contributed by atoms with Crippen LogP contribution in [-0.2, 0) is 25.3 Å². The van der Waals surface area contributed by atoms with Crippen molar-refractivity contribution in [2.24, 2.45) is 0 Å². The monoisotopic (exact) mass is 626 g/mol. The number of carbonyl (C=O) groups is 3. The number of rotatable bonds is 11. The fraction of sp³-hybridized carbons (Fsp3) is 0.270. The molecule has 0 aliphatic carbocycles. The fourth-order valence-corrected chi connectivity index (χ4v) is 4.97. The number of carbonyl (C=O) groups excluding carboxylic acids is 3. The zero-order valence-corrected chi connectivity index (χ0v) is 27.3. The first-order chi connectivity index (χ1) is 21.8. The number of ether oxygens (including phenoxy) is 6. The summed E-state index contributed by atoms with van der Waals surface area (Å²) in [5.41, 5.74) is 2.09. The summed E-state index contributed by atoms with van der Waals surface area (Å²) in [4.78, 5) is 36.1. The van der Waals surface area contributed by atoms with Crippen LogP contribution in [0, 0.1) is 0 Å². The van der Waals surface area contributed by atoms with E-state index in [1.165, 1.54) is 40.4 Å². The molecule has 46 heavy (non-hydrogen) atoms.